The summed E-state index contributed by atoms with van der Waals surface area (Å²) in [6.07, 6.45) is 1.28. The molecule has 0 saturated carbocycles. The summed E-state index contributed by atoms with van der Waals surface area (Å²) < 4.78 is 0. The van der Waals surface area contributed by atoms with Crippen LogP contribution in [0.15, 0.2) is 18.2 Å². The van der Waals surface area contributed by atoms with Crippen molar-refractivity contribution in [2.24, 2.45) is 11.3 Å². The molecular formula is C18H29ClN2. The molecular weight excluding hydrogens is 280 g/mol. The first-order chi connectivity index (χ1) is 9.77. The second-order valence-electron chi connectivity index (χ2n) is 7.61. The van der Waals surface area contributed by atoms with Crippen LogP contribution in [0.3, 0.4) is 0 Å². The van der Waals surface area contributed by atoms with E-state index in [1.165, 1.54) is 17.7 Å². The van der Waals surface area contributed by atoms with Crippen molar-refractivity contribution in [3.05, 3.63) is 28.8 Å². The van der Waals surface area contributed by atoms with Crippen molar-refractivity contribution in [2.75, 3.05) is 18.0 Å². The average Bonchev–Trinajstić information content (AvgIpc) is 2.85. The molecule has 1 aromatic carbocycles. The van der Waals surface area contributed by atoms with Crippen LogP contribution in [-0.4, -0.2) is 19.1 Å². The first kappa shape index (κ1) is 16.6. The molecule has 0 spiro atoms. The van der Waals surface area contributed by atoms with Crippen LogP contribution in [0.25, 0.3) is 0 Å². The fraction of sp³-hybridized carbons (Fsp3) is 0.667. The minimum atomic E-state index is 0.386. The van der Waals surface area contributed by atoms with Gasteiger partial charge in [0.15, 0.2) is 0 Å². The fourth-order valence-electron chi connectivity index (χ4n) is 3.00. The zero-order chi connectivity index (χ0) is 15.6. The number of benzene rings is 1. The smallest absolute Gasteiger partial charge is 0.0412 e. The van der Waals surface area contributed by atoms with Gasteiger partial charge in [-0.2, -0.15) is 0 Å². The predicted molar refractivity (Wildman–Crippen MR) is 93.2 cm³/mol. The minimum absolute atomic E-state index is 0.386. The van der Waals surface area contributed by atoms with Crippen LogP contribution >= 0.6 is 11.6 Å². The van der Waals surface area contributed by atoms with Crippen LogP contribution in [-0.2, 0) is 6.54 Å². The number of halogens is 1. The quantitative estimate of drug-likeness (QED) is 0.866. The second-order valence-corrected chi connectivity index (χ2v) is 8.04. The summed E-state index contributed by atoms with van der Waals surface area (Å²) in [5.74, 6) is 0.763. The summed E-state index contributed by atoms with van der Waals surface area (Å²) >= 11 is 6.19. The van der Waals surface area contributed by atoms with Crippen LogP contribution in [0.4, 0.5) is 5.69 Å². The molecule has 0 radical (unpaired) electrons. The number of nitrogens with one attached hydrogen (secondary N) is 1. The van der Waals surface area contributed by atoms with Crippen LogP contribution < -0.4 is 10.2 Å². The largest absolute Gasteiger partial charge is 0.371 e. The van der Waals surface area contributed by atoms with Crippen LogP contribution in [0.5, 0.6) is 0 Å². The van der Waals surface area contributed by atoms with Gasteiger partial charge in [-0.15, -0.1) is 0 Å². The van der Waals surface area contributed by atoms with Crippen molar-refractivity contribution in [3.8, 4) is 0 Å². The number of anilines is 1. The Morgan fingerprint density at radius 3 is 2.62 bits per heavy atom. The van der Waals surface area contributed by atoms with E-state index < -0.39 is 0 Å². The maximum atomic E-state index is 6.19. The average molecular weight is 309 g/mol. The maximum Gasteiger partial charge on any atom is 0.0412 e. The molecule has 1 unspecified atom stereocenters. The highest BCUT2D eigenvalue weighted by molar-refractivity contribution is 6.30. The highest BCUT2D eigenvalue weighted by Crippen LogP contribution is 2.37. The molecule has 1 aliphatic rings. The van der Waals surface area contributed by atoms with Crippen molar-refractivity contribution in [3.63, 3.8) is 0 Å². The van der Waals surface area contributed by atoms with E-state index in [9.17, 15) is 0 Å². The summed E-state index contributed by atoms with van der Waals surface area (Å²) in [7, 11) is 0. The van der Waals surface area contributed by atoms with Gasteiger partial charge in [0.25, 0.3) is 0 Å². The molecule has 2 nitrogen and oxygen atoms in total. The van der Waals surface area contributed by atoms with Gasteiger partial charge < -0.3 is 10.2 Å². The normalized spacial score (nSPS) is 19.6. The molecule has 0 aliphatic carbocycles. The summed E-state index contributed by atoms with van der Waals surface area (Å²) in [4.78, 5) is 2.53. The van der Waals surface area contributed by atoms with E-state index in [2.05, 4.69) is 57.0 Å². The molecule has 0 aromatic heterocycles. The van der Waals surface area contributed by atoms with Gasteiger partial charge in [0.1, 0.15) is 0 Å². The molecule has 118 valence electrons. The molecule has 1 N–H and O–H groups in total. The molecule has 1 aromatic rings. The molecule has 21 heavy (non-hydrogen) atoms. The van der Waals surface area contributed by atoms with E-state index in [-0.39, 0.29) is 0 Å². The van der Waals surface area contributed by atoms with Gasteiger partial charge in [0.2, 0.25) is 0 Å². The number of nitrogens with zero attached hydrogens (tertiary/aromatic N) is 1. The SMILES string of the molecule is CC(C)NCc1cc(Cl)ccc1N1CCC(C(C)(C)C)C1. The molecule has 0 amide bonds. The lowest BCUT2D eigenvalue weighted by molar-refractivity contribution is 0.263. The Bertz CT molecular complexity index is 477. The van der Waals surface area contributed by atoms with E-state index in [0.29, 0.717) is 11.5 Å². The topological polar surface area (TPSA) is 15.3 Å². The molecule has 1 saturated heterocycles. The van der Waals surface area contributed by atoms with E-state index in [1.54, 1.807) is 0 Å². The summed E-state index contributed by atoms with van der Waals surface area (Å²) in [5.41, 5.74) is 3.04. The van der Waals surface area contributed by atoms with Gasteiger partial charge in [-0.1, -0.05) is 46.2 Å². The van der Waals surface area contributed by atoms with E-state index in [1.807, 2.05) is 6.07 Å². The van der Waals surface area contributed by atoms with Crippen LogP contribution in [0.1, 0.15) is 46.6 Å². The lowest BCUT2D eigenvalue weighted by Gasteiger charge is -2.28. The van der Waals surface area contributed by atoms with E-state index >= 15 is 0 Å². The Labute approximate surface area is 134 Å². The zero-order valence-electron chi connectivity index (χ0n) is 14.0. The number of hydrogen-bond donors (Lipinski definition) is 1. The van der Waals surface area contributed by atoms with Crippen molar-refractivity contribution in [1.29, 1.82) is 0 Å². The first-order valence-corrected chi connectivity index (χ1v) is 8.42. The first-order valence-electron chi connectivity index (χ1n) is 8.04. The lowest BCUT2D eigenvalue weighted by Crippen LogP contribution is -2.28. The fourth-order valence-corrected chi connectivity index (χ4v) is 3.20. The standard InChI is InChI=1S/C18H29ClN2/c1-13(2)20-11-14-10-16(19)6-7-17(14)21-9-8-15(12-21)18(3,4)5/h6-7,10,13,15,20H,8-9,11-12H2,1-5H3. The van der Waals surface area contributed by atoms with E-state index in [0.717, 1.165) is 30.6 Å². The summed E-state index contributed by atoms with van der Waals surface area (Å²) in [6.45, 7) is 14.6. The molecule has 3 heteroatoms. The Kier molecular flexibility index (Phi) is 5.21. The molecule has 0 bridgehead atoms. The summed E-state index contributed by atoms with van der Waals surface area (Å²) in [6, 6.07) is 6.79. The van der Waals surface area contributed by atoms with Gasteiger partial charge in [-0.3, -0.25) is 0 Å². The summed E-state index contributed by atoms with van der Waals surface area (Å²) in [5, 5.41) is 4.33. The number of rotatable bonds is 4. The van der Waals surface area contributed by atoms with Crippen molar-refractivity contribution in [2.45, 2.75) is 53.6 Å². The monoisotopic (exact) mass is 308 g/mol. The maximum absolute atomic E-state index is 6.19. The third-order valence-electron chi connectivity index (χ3n) is 4.50. The van der Waals surface area contributed by atoms with Crippen molar-refractivity contribution < 1.29 is 0 Å². The molecule has 1 atom stereocenters. The Hall–Kier alpha value is -0.730. The lowest BCUT2D eigenvalue weighted by atomic mass is 9.80. The Morgan fingerprint density at radius 1 is 1.33 bits per heavy atom. The van der Waals surface area contributed by atoms with Crippen molar-refractivity contribution in [1.82, 2.24) is 5.32 Å². The molecule has 1 heterocycles. The molecule has 1 aliphatic heterocycles. The second kappa shape index (κ2) is 6.58. The number of hydrogen-bond acceptors (Lipinski definition) is 2. The third-order valence-corrected chi connectivity index (χ3v) is 4.73. The third kappa shape index (κ3) is 4.37. The van der Waals surface area contributed by atoms with Gasteiger partial charge in [0.05, 0.1) is 0 Å². The van der Waals surface area contributed by atoms with Crippen molar-refractivity contribution >= 4 is 17.3 Å². The van der Waals surface area contributed by atoms with Gasteiger partial charge >= 0.3 is 0 Å². The highest BCUT2D eigenvalue weighted by Gasteiger charge is 2.32. The van der Waals surface area contributed by atoms with Gasteiger partial charge in [0, 0.05) is 36.4 Å². The highest BCUT2D eigenvalue weighted by atomic mass is 35.5. The molecule has 2 rings (SSSR count). The minimum Gasteiger partial charge on any atom is -0.371 e. The van der Waals surface area contributed by atoms with Crippen LogP contribution in [0, 0.1) is 11.3 Å². The Balaban J connectivity index is 2.16. The molecule has 1 fully saturated rings. The zero-order valence-corrected chi connectivity index (χ0v) is 14.8. The van der Waals surface area contributed by atoms with Gasteiger partial charge in [-0.25, -0.2) is 0 Å². The van der Waals surface area contributed by atoms with Gasteiger partial charge in [-0.05, 0) is 41.5 Å². The van der Waals surface area contributed by atoms with Crippen LogP contribution in [0.2, 0.25) is 5.02 Å². The predicted octanol–water partition coefficient (Wildman–Crippen LogP) is 4.71. The van der Waals surface area contributed by atoms with E-state index in [4.69, 9.17) is 11.6 Å². The Morgan fingerprint density at radius 2 is 2.05 bits per heavy atom.